The van der Waals surface area contributed by atoms with Crippen molar-refractivity contribution in [2.75, 3.05) is 11.9 Å². The van der Waals surface area contributed by atoms with E-state index in [1.807, 2.05) is 12.1 Å². The second-order valence-electron chi connectivity index (χ2n) is 6.77. The number of rotatable bonds is 8. The summed E-state index contributed by atoms with van der Waals surface area (Å²) >= 11 is 0. The molecule has 4 heteroatoms. The van der Waals surface area contributed by atoms with Gasteiger partial charge in [0.25, 0.3) is 0 Å². The molecule has 2 aromatic rings. The highest BCUT2D eigenvalue weighted by Crippen LogP contribution is 2.28. The average Bonchev–Trinajstić information content (AvgIpc) is 2.61. The summed E-state index contributed by atoms with van der Waals surface area (Å²) in [5.41, 5.74) is 2.05. The number of anilines is 1. The van der Waals surface area contributed by atoms with E-state index in [1.54, 1.807) is 12.1 Å². The van der Waals surface area contributed by atoms with Gasteiger partial charge >= 0.3 is 0 Å². The van der Waals surface area contributed by atoms with E-state index in [1.165, 1.54) is 17.7 Å². The number of nitrogens with one attached hydrogen (secondary N) is 1. The molecule has 0 fully saturated rings. The van der Waals surface area contributed by atoms with Gasteiger partial charge < -0.3 is 10.1 Å². The molecule has 0 saturated carbocycles. The third-order valence-corrected chi connectivity index (χ3v) is 4.46. The zero-order chi connectivity index (χ0) is 18.3. The number of halogens is 1. The quantitative estimate of drug-likeness (QED) is 0.660. The SMILES string of the molecule is CCC(C)(C)c1ccc(OCCCC(=O)Nc2ccc(F)cc2)cc1. The Kier molecular flexibility index (Phi) is 6.57. The van der Waals surface area contributed by atoms with E-state index in [0.29, 0.717) is 25.1 Å². The molecule has 1 N–H and O–H groups in total. The Balaban J connectivity index is 1.72. The van der Waals surface area contributed by atoms with Gasteiger partial charge in [-0.25, -0.2) is 4.39 Å². The van der Waals surface area contributed by atoms with Crippen molar-refractivity contribution >= 4 is 11.6 Å². The van der Waals surface area contributed by atoms with E-state index in [2.05, 4.69) is 38.2 Å². The first-order valence-electron chi connectivity index (χ1n) is 8.69. The van der Waals surface area contributed by atoms with Crippen LogP contribution < -0.4 is 10.1 Å². The molecular weight excluding hydrogens is 317 g/mol. The first-order chi connectivity index (χ1) is 11.9. The number of ether oxygens (including phenoxy) is 1. The highest BCUT2D eigenvalue weighted by Gasteiger charge is 2.17. The van der Waals surface area contributed by atoms with Crippen LogP contribution in [0.2, 0.25) is 0 Å². The summed E-state index contributed by atoms with van der Waals surface area (Å²) in [5.74, 6) is 0.393. The Morgan fingerprint density at radius 1 is 1.08 bits per heavy atom. The van der Waals surface area contributed by atoms with Crippen molar-refractivity contribution in [2.45, 2.75) is 45.4 Å². The molecule has 0 aliphatic carbocycles. The van der Waals surface area contributed by atoms with Crippen LogP contribution in [0.1, 0.15) is 45.6 Å². The fourth-order valence-corrected chi connectivity index (χ4v) is 2.39. The first-order valence-corrected chi connectivity index (χ1v) is 8.69. The molecule has 0 atom stereocenters. The number of benzene rings is 2. The van der Waals surface area contributed by atoms with Gasteiger partial charge in [-0.2, -0.15) is 0 Å². The van der Waals surface area contributed by atoms with Crippen molar-refractivity contribution < 1.29 is 13.9 Å². The van der Waals surface area contributed by atoms with Crippen LogP contribution in [0.25, 0.3) is 0 Å². The lowest BCUT2D eigenvalue weighted by molar-refractivity contribution is -0.116. The lowest BCUT2D eigenvalue weighted by Gasteiger charge is -2.23. The van der Waals surface area contributed by atoms with Crippen LogP contribution in [0.5, 0.6) is 5.75 Å². The number of carbonyl (C=O) groups excluding carboxylic acids is 1. The second kappa shape index (κ2) is 8.65. The minimum Gasteiger partial charge on any atom is -0.494 e. The Morgan fingerprint density at radius 3 is 2.32 bits per heavy atom. The molecule has 0 bridgehead atoms. The highest BCUT2D eigenvalue weighted by molar-refractivity contribution is 5.90. The van der Waals surface area contributed by atoms with E-state index < -0.39 is 0 Å². The minimum atomic E-state index is -0.320. The average molecular weight is 343 g/mol. The third-order valence-electron chi connectivity index (χ3n) is 4.46. The molecule has 2 rings (SSSR count). The lowest BCUT2D eigenvalue weighted by Crippen LogP contribution is -2.15. The van der Waals surface area contributed by atoms with Crippen molar-refractivity contribution in [2.24, 2.45) is 0 Å². The molecule has 0 spiro atoms. The van der Waals surface area contributed by atoms with Gasteiger partial charge in [0.05, 0.1) is 6.61 Å². The molecular formula is C21H26FNO2. The summed E-state index contributed by atoms with van der Waals surface area (Å²) < 4.78 is 18.5. The molecule has 0 unspecified atom stereocenters. The van der Waals surface area contributed by atoms with Crippen LogP contribution in [0.3, 0.4) is 0 Å². The summed E-state index contributed by atoms with van der Waals surface area (Å²) in [6.07, 6.45) is 2.06. The van der Waals surface area contributed by atoms with Crippen molar-refractivity contribution in [3.05, 3.63) is 59.9 Å². The van der Waals surface area contributed by atoms with Gasteiger partial charge in [-0.05, 0) is 60.2 Å². The molecule has 134 valence electrons. The van der Waals surface area contributed by atoms with Gasteiger partial charge in [0.1, 0.15) is 11.6 Å². The van der Waals surface area contributed by atoms with Crippen LogP contribution in [-0.2, 0) is 10.2 Å². The largest absolute Gasteiger partial charge is 0.494 e. The smallest absolute Gasteiger partial charge is 0.224 e. The van der Waals surface area contributed by atoms with Crippen LogP contribution in [-0.4, -0.2) is 12.5 Å². The number of carbonyl (C=O) groups is 1. The highest BCUT2D eigenvalue weighted by atomic mass is 19.1. The Hall–Kier alpha value is -2.36. The van der Waals surface area contributed by atoms with E-state index in [9.17, 15) is 9.18 Å². The Morgan fingerprint density at radius 2 is 1.72 bits per heavy atom. The maximum absolute atomic E-state index is 12.8. The van der Waals surface area contributed by atoms with Crippen LogP contribution >= 0.6 is 0 Å². The van der Waals surface area contributed by atoms with Crippen molar-refractivity contribution in [3.8, 4) is 5.75 Å². The monoisotopic (exact) mass is 343 g/mol. The summed E-state index contributed by atoms with van der Waals surface area (Å²) in [4.78, 5) is 11.8. The van der Waals surface area contributed by atoms with E-state index >= 15 is 0 Å². The van der Waals surface area contributed by atoms with E-state index in [4.69, 9.17) is 4.74 Å². The van der Waals surface area contributed by atoms with Gasteiger partial charge in [0.2, 0.25) is 5.91 Å². The lowest BCUT2D eigenvalue weighted by atomic mass is 9.82. The normalized spacial score (nSPS) is 11.2. The van der Waals surface area contributed by atoms with Crippen molar-refractivity contribution in [1.82, 2.24) is 0 Å². The zero-order valence-electron chi connectivity index (χ0n) is 15.1. The Labute approximate surface area is 149 Å². The van der Waals surface area contributed by atoms with Gasteiger partial charge in [0, 0.05) is 12.1 Å². The fourth-order valence-electron chi connectivity index (χ4n) is 2.39. The van der Waals surface area contributed by atoms with E-state index in [-0.39, 0.29) is 17.1 Å². The summed E-state index contributed by atoms with van der Waals surface area (Å²) in [6.45, 7) is 7.11. The molecule has 0 heterocycles. The zero-order valence-corrected chi connectivity index (χ0v) is 15.1. The minimum absolute atomic E-state index is 0.102. The first kappa shape index (κ1) is 19.0. The third kappa shape index (κ3) is 5.89. The number of hydrogen-bond donors (Lipinski definition) is 1. The topological polar surface area (TPSA) is 38.3 Å². The fraction of sp³-hybridized carbons (Fsp3) is 0.381. The molecule has 0 radical (unpaired) electrons. The standard InChI is InChI=1S/C21H26FNO2/c1-4-21(2,3)16-7-13-19(14-8-16)25-15-5-6-20(24)23-18-11-9-17(22)10-12-18/h7-14H,4-6,15H2,1-3H3,(H,23,24). The second-order valence-corrected chi connectivity index (χ2v) is 6.77. The van der Waals surface area contributed by atoms with Crippen LogP contribution in [0, 0.1) is 5.82 Å². The maximum Gasteiger partial charge on any atom is 0.224 e. The van der Waals surface area contributed by atoms with Crippen molar-refractivity contribution in [1.29, 1.82) is 0 Å². The number of amides is 1. The van der Waals surface area contributed by atoms with Crippen LogP contribution in [0.4, 0.5) is 10.1 Å². The summed E-state index contributed by atoms with van der Waals surface area (Å²) in [6, 6.07) is 13.9. The summed E-state index contributed by atoms with van der Waals surface area (Å²) in [5, 5.41) is 2.74. The molecule has 25 heavy (non-hydrogen) atoms. The molecule has 3 nitrogen and oxygen atoms in total. The maximum atomic E-state index is 12.8. The molecule has 0 aliphatic heterocycles. The van der Waals surface area contributed by atoms with Gasteiger partial charge in [-0.1, -0.05) is 32.9 Å². The van der Waals surface area contributed by atoms with Gasteiger partial charge in [-0.15, -0.1) is 0 Å². The molecule has 2 aromatic carbocycles. The predicted molar refractivity (Wildman–Crippen MR) is 99.5 cm³/mol. The molecule has 1 amide bonds. The molecule has 0 saturated heterocycles. The number of hydrogen-bond acceptors (Lipinski definition) is 2. The van der Waals surface area contributed by atoms with Gasteiger partial charge in [-0.3, -0.25) is 4.79 Å². The predicted octanol–water partition coefficient (Wildman–Crippen LogP) is 5.31. The van der Waals surface area contributed by atoms with Crippen LogP contribution in [0.15, 0.2) is 48.5 Å². The van der Waals surface area contributed by atoms with E-state index in [0.717, 1.165) is 12.2 Å². The molecule has 0 aliphatic rings. The van der Waals surface area contributed by atoms with Crippen molar-refractivity contribution in [3.63, 3.8) is 0 Å². The molecule has 0 aromatic heterocycles. The Bertz CT molecular complexity index is 678. The summed E-state index contributed by atoms with van der Waals surface area (Å²) in [7, 11) is 0. The van der Waals surface area contributed by atoms with Gasteiger partial charge in [0.15, 0.2) is 0 Å².